The van der Waals surface area contributed by atoms with Crippen molar-refractivity contribution >= 4 is 5.91 Å². The van der Waals surface area contributed by atoms with E-state index in [-0.39, 0.29) is 5.41 Å². The van der Waals surface area contributed by atoms with Gasteiger partial charge in [0.1, 0.15) is 0 Å². The van der Waals surface area contributed by atoms with E-state index in [9.17, 15) is 4.79 Å². The van der Waals surface area contributed by atoms with Crippen molar-refractivity contribution in [1.29, 1.82) is 0 Å². The van der Waals surface area contributed by atoms with E-state index in [1.54, 1.807) is 0 Å². The predicted octanol–water partition coefficient (Wildman–Crippen LogP) is 3.25. The van der Waals surface area contributed by atoms with E-state index in [2.05, 4.69) is 41.0 Å². The fourth-order valence-electron chi connectivity index (χ4n) is 7.00. The van der Waals surface area contributed by atoms with Gasteiger partial charge >= 0.3 is 0 Å². The largest absolute Gasteiger partial charge is 0.353 e. The van der Waals surface area contributed by atoms with Crippen LogP contribution in [0.1, 0.15) is 50.5 Å². The van der Waals surface area contributed by atoms with E-state index in [1.165, 1.54) is 31.2 Å². The second-order valence-corrected chi connectivity index (χ2v) is 9.05. The van der Waals surface area contributed by atoms with Gasteiger partial charge in [0.05, 0.1) is 0 Å². The molecule has 4 saturated carbocycles. The molecular weight excluding hydrogens is 308 g/mol. The van der Waals surface area contributed by atoms with Crippen LogP contribution in [-0.4, -0.2) is 25.0 Å². The van der Waals surface area contributed by atoms with Crippen LogP contribution in [0.25, 0.3) is 0 Å². The Morgan fingerprint density at radius 1 is 1.08 bits per heavy atom. The maximum absolute atomic E-state index is 13.1. The van der Waals surface area contributed by atoms with Crippen LogP contribution in [0.5, 0.6) is 0 Å². The maximum atomic E-state index is 13.1. The molecule has 2 N–H and O–H groups in total. The molecule has 3 nitrogen and oxygen atoms in total. The van der Waals surface area contributed by atoms with Crippen molar-refractivity contribution < 1.29 is 4.79 Å². The molecule has 3 heteroatoms. The quantitative estimate of drug-likeness (QED) is 0.885. The lowest BCUT2D eigenvalue weighted by Gasteiger charge is -2.45. The van der Waals surface area contributed by atoms with Crippen molar-refractivity contribution in [2.75, 3.05) is 13.1 Å². The molecule has 1 saturated heterocycles. The Kier molecular flexibility index (Phi) is 3.89. The van der Waals surface area contributed by atoms with Crippen molar-refractivity contribution in [1.82, 2.24) is 10.6 Å². The fourth-order valence-corrected chi connectivity index (χ4v) is 7.00. The number of piperidine rings is 1. The molecule has 1 aliphatic heterocycles. The van der Waals surface area contributed by atoms with Gasteiger partial charge in [0, 0.05) is 17.9 Å². The molecule has 1 amide bonds. The van der Waals surface area contributed by atoms with Gasteiger partial charge in [0.25, 0.3) is 0 Å². The summed E-state index contributed by atoms with van der Waals surface area (Å²) in [7, 11) is 0. The van der Waals surface area contributed by atoms with Crippen molar-refractivity contribution in [2.24, 2.45) is 23.7 Å². The first kappa shape index (κ1) is 15.9. The first-order chi connectivity index (χ1) is 12.3. The van der Waals surface area contributed by atoms with Crippen LogP contribution in [0.2, 0.25) is 0 Å². The number of carbonyl (C=O) groups is 1. The van der Waals surface area contributed by atoms with Crippen molar-refractivity contribution in [3.8, 4) is 0 Å². The van der Waals surface area contributed by atoms with E-state index in [0.717, 1.165) is 49.6 Å². The molecule has 1 aromatic rings. The molecule has 1 heterocycles. The number of hydrogen-bond donors (Lipinski definition) is 2. The summed E-state index contributed by atoms with van der Waals surface area (Å²) in [5.74, 6) is 3.56. The lowest BCUT2D eigenvalue weighted by Crippen LogP contribution is -2.48. The third-order valence-electron chi connectivity index (χ3n) is 7.86. The second kappa shape index (κ2) is 6.12. The minimum absolute atomic E-state index is 0.107. The highest BCUT2D eigenvalue weighted by Gasteiger charge is 2.63. The Morgan fingerprint density at radius 2 is 1.88 bits per heavy atom. The maximum Gasteiger partial charge on any atom is 0.221 e. The Labute approximate surface area is 151 Å². The van der Waals surface area contributed by atoms with Gasteiger partial charge < -0.3 is 10.6 Å². The normalized spacial score (nSPS) is 39.7. The van der Waals surface area contributed by atoms with Gasteiger partial charge in [-0.25, -0.2) is 0 Å². The number of amides is 1. The zero-order valence-electron chi connectivity index (χ0n) is 15.0. The molecule has 4 bridgehead atoms. The van der Waals surface area contributed by atoms with Crippen molar-refractivity contribution in [3.63, 3.8) is 0 Å². The average Bonchev–Trinajstić information content (AvgIpc) is 3.04. The molecule has 5 atom stereocenters. The summed E-state index contributed by atoms with van der Waals surface area (Å²) in [6.45, 7) is 2.06. The smallest absolute Gasteiger partial charge is 0.221 e. The van der Waals surface area contributed by atoms with Crippen molar-refractivity contribution in [3.05, 3.63) is 35.9 Å². The Hall–Kier alpha value is -1.35. The lowest BCUT2D eigenvalue weighted by atomic mass is 9.59. The molecule has 25 heavy (non-hydrogen) atoms. The number of benzene rings is 1. The fraction of sp³-hybridized carbons (Fsp3) is 0.682. The van der Waals surface area contributed by atoms with Crippen LogP contribution in [0, 0.1) is 23.7 Å². The third kappa shape index (κ3) is 2.54. The minimum Gasteiger partial charge on any atom is -0.353 e. The summed E-state index contributed by atoms with van der Waals surface area (Å²) < 4.78 is 0. The van der Waals surface area contributed by atoms with Gasteiger partial charge in [-0.1, -0.05) is 30.3 Å². The summed E-state index contributed by atoms with van der Waals surface area (Å²) in [5.41, 5.74) is 1.55. The summed E-state index contributed by atoms with van der Waals surface area (Å²) in [5, 5.41) is 6.77. The van der Waals surface area contributed by atoms with Gasteiger partial charge in [0.2, 0.25) is 5.91 Å². The number of nitrogens with one attached hydrogen (secondary N) is 2. The van der Waals surface area contributed by atoms with Crippen LogP contribution < -0.4 is 10.6 Å². The summed E-state index contributed by atoms with van der Waals surface area (Å²) in [4.78, 5) is 13.1. The Balaban J connectivity index is 1.42. The SMILES string of the molecule is O=C(CC1(c2ccccc2)C2CC3CC(C2)C1C3)NC1CCNCC1. The number of rotatable bonds is 4. The topological polar surface area (TPSA) is 41.1 Å². The Bertz CT molecular complexity index is 635. The van der Waals surface area contributed by atoms with E-state index in [4.69, 9.17) is 0 Å². The molecule has 0 spiro atoms. The summed E-state index contributed by atoms with van der Waals surface area (Å²) in [6, 6.07) is 11.4. The molecule has 5 aliphatic rings. The zero-order chi connectivity index (χ0) is 16.9. The molecule has 6 rings (SSSR count). The highest BCUT2D eigenvalue weighted by molar-refractivity contribution is 5.78. The summed E-state index contributed by atoms with van der Waals surface area (Å²) in [6.07, 6.45) is 8.34. The molecule has 134 valence electrons. The van der Waals surface area contributed by atoms with Crippen LogP contribution >= 0.6 is 0 Å². The molecule has 5 unspecified atom stereocenters. The van der Waals surface area contributed by atoms with E-state index < -0.39 is 0 Å². The Morgan fingerprint density at radius 3 is 2.64 bits per heavy atom. The average molecular weight is 338 g/mol. The predicted molar refractivity (Wildman–Crippen MR) is 99.2 cm³/mol. The highest BCUT2D eigenvalue weighted by atomic mass is 16.1. The summed E-state index contributed by atoms with van der Waals surface area (Å²) >= 11 is 0. The van der Waals surface area contributed by atoms with E-state index in [0.29, 0.717) is 18.4 Å². The van der Waals surface area contributed by atoms with E-state index >= 15 is 0 Å². The molecule has 5 fully saturated rings. The van der Waals surface area contributed by atoms with Crippen LogP contribution in [0.3, 0.4) is 0 Å². The van der Waals surface area contributed by atoms with Gasteiger partial charge in [-0.3, -0.25) is 4.79 Å². The number of hydrogen-bond acceptors (Lipinski definition) is 2. The highest BCUT2D eigenvalue weighted by Crippen LogP contribution is 2.68. The van der Waals surface area contributed by atoms with Gasteiger partial charge in [0.15, 0.2) is 0 Å². The molecular formula is C22H30N2O. The first-order valence-corrected chi connectivity index (χ1v) is 10.3. The minimum atomic E-state index is 0.107. The van der Waals surface area contributed by atoms with Crippen LogP contribution in [0.15, 0.2) is 30.3 Å². The molecule has 0 radical (unpaired) electrons. The first-order valence-electron chi connectivity index (χ1n) is 10.3. The van der Waals surface area contributed by atoms with Gasteiger partial charge in [-0.05, 0) is 80.8 Å². The molecule has 1 aromatic carbocycles. The lowest BCUT2D eigenvalue weighted by molar-refractivity contribution is -0.124. The third-order valence-corrected chi connectivity index (χ3v) is 7.86. The molecule has 0 aromatic heterocycles. The van der Waals surface area contributed by atoms with Gasteiger partial charge in [-0.2, -0.15) is 0 Å². The van der Waals surface area contributed by atoms with E-state index in [1.807, 2.05) is 0 Å². The second-order valence-electron chi connectivity index (χ2n) is 9.05. The van der Waals surface area contributed by atoms with Crippen LogP contribution in [-0.2, 0) is 10.2 Å². The zero-order valence-corrected chi connectivity index (χ0v) is 15.0. The number of carbonyl (C=O) groups excluding carboxylic acids is 1. The van der Waals surface area contributed by atoms with Crippen LogP contribution in [0.4, 0.5) is 0 Å². The standard InChI is InChI=1S/C22H30N2O/c25-21(24-19-6-8-23-9-7-19)14-22(17-4-2-1-3-5-17)18-11-15-10-16(13-18)20(22)12-15/h1-5,15-16,18-20,23H,6-14H2,(H,24,25). The molecule has 4 aliphatic carbocycles. The van der Waals surface area contributed by atoms with Gasteiger partial charge in [-0.15, -0.1) is 0 Å². The van der Waals surface area contributed by atoms with Crippen molar-refractivity contribution in [2.45, 2.75) is 56.4 Å². The monoisotopic (exact) mass is 338 g/mol.